The summed E-state index contributed by atoms with van der Waals surface area (Å²) in [5.41, 5.74) is 0.258. The lowest BCUT2D eigenvalue weighted by molar-refractivity contribution is 0.0592. The van der Waals surface area contributed by atoms with E-state index in [2.05, 4.69) is 33.7 Å². The molecule has 1 aliphatic heterocycles. The Hall–Kier alpha value is -1.65. The van der Waals surface area contributed by atoms with Crippen LogP contribution in [0.4, 0.5) is 5.82 Å². The standard InChI is InChI=1S/C15H23N3O2/c1-4-6-11(2)13-7-5-10-18(13)14-9-8-12(16-17-14)15(19)20-3/h8-9,11,13H,4-7,10H2,1-3H3. The number of hydrogen-bond acceptors (Lipinski definition) is 5. The molecule has 0 N–H and O–H groups in total. The topological polar surface area (TPSA) is 55.3 Å². The van der Waals surface area contributed by atoms with E-state index in [4.69, 9.17) is 0 Å². The van der Waals surface area contributed by atoms with Crippen LogP contribution >= 0.6 is 0 Å². The van der Waals surface area contributed by atoms with Gasteiger partial charge in [0, 0.05) is 12.6 Å². The van der Waals surface area contributed by atoms with Gasteiger partial charge in [0.2, 0.25) is 0 Å². The van der Waals surface area contributed by atoms with Crippen LogP contribution in [0.5, 0.6) is 0 Å². The van der Waals surface area contributed by atoms with Crippen molar-refractivity contribution in [3.8, 4) is 0 Å². The molecule has 0 radical (unpaired) electrons. The second-order valence-corrected chi connectivity index (χ2v) is 5.44. The molecular weight excluding hydrogens is 254 g/mol. The van der Waals surface area contributed by atoms with E-state index in [1.165, 1.54) is 32.8 Å². The summed E-state index contributed by atoms with van der Waals surface area (Å²) in [5.74, 6) is 1.08. The number of hydrogen-bond donors (Lipinski definition) is 0. The summed E-state index contributed by atoms with van der Waals surface area (Å²) in [6, 6.07) is 4.10. The first-order valence-electron chi connectivity index (χ1n) is 7.36. The van der Waals surface area contributed by atoms with E-state index in [1.807, 2.05) is 6.07 Å². The number of esters is 1. The van der Waals surface area contributed by atoms with Crippen LogP contribution < -0.4 is 4.90 Å². The number of nitrogens with zero attached hydrogens (tertiary/aromatic N) is 3. The summed E-state index contributed by atoms with van der Waals surface area (Å²) in [6.45, 7) is 5.55. The Kier molecular flexibility index (Phi) is 4.93. The van der Waals surface area contributed by atoms with Crippen molar-refractivity contribution >= 4 is 11.8 Å². The average Bonchev–Trinajstić information content (AvgIpc) is 2.96. The predicted octanol–water partition coefficient (Wildman–Crippen LogP) is 2.67. The Morgan fingerprint density at radius 2 is 2.30 bits per heavy atom. The molecule has 5 heteroatoms. The Balaban J connectivity index is 2.11. The molecule has 1 aliphatic rings. The normalized spacial score (nSPS) is 19.9. The van der Waals surface area contributed by atoms with Gasteiger partial charge in [-0.3, -0.25) is 0 Å². The number of carbonyl (C=O) groups is 1. The van der Waals surface area contributed by atoms with Gasteiger partial charge in [-0.15, -0.1) is 10.2 Å². The number of anilines is 1. The lowest BCUT2D eigenvalue weighted by atomic mass is 9.95. The van der Waals surface area contributed by atoms with Crippen LogP contribution in [0.1, 0.15) is 50.0 Å². The van der Waals surface area contributed by atoms with E-state index in [0.717, 1.165) is 12.4 Å². The molecule has 1 aromatic heterocycles. The van der Waals surface area contributed by atoms with E-state index in [9.17, 15) is 4.79 Å². The smallest absolute Gasteiger partial charge is 0.358 e. The number of ether oxygens (including phenoxy) is 1. The SMILES string of the molecule is CCCC(C)C1CCCN1c1ccc(C(=O)OC)nn1. The van der Waals surface area contributed by atoms with Gasteiger partial charge >= 0.3 is 5.97 Å². The quantitative estimate of drug-likeness (QED) is 0.774. The van der Waals surface area contributed by atoms with Gasteiger partial charge in [-0.2, -0.15) is 0 Å². The Labute approximate surface area is 120 Å². The molecule has 110 valence electrons. The molecule has 2 unspecified atom stereocenters. The predicted molar refractivity (Wildman–Crippen MR) is 77.8 cm³/mol. The molecule has 20 heavy (non-hydrogen) atoms. The highest BCUT2D eigenvalue weighted by molar-refractivity contribution is 5.86. The minimum Gasteiger partial charge on any atom is -0.464 e. The molecule has 0 aromatic carbocycles. The van der Waals surface area contributed by atoms with Crippen LogP contribution in [0.3, 0.4) is 0 Å². The molecule has 0 amide bonds. The van der Waals surface area contributed by atoms with Crippen LogP contribution in [0.15, 0.2) is 12.1 Å². The molecule has 2 heterocycles. The fourth-order valence-corrected chi connectivity index (χ4v) is 3.01. The average molecular weight is 277 g/mol. The van der Waals surface area contributed by atoms with Crippen molar-refractivity contribution < 1.29 is 9.53 Å². The van der Waals surface area contributed by atoms with Gasteiger partial charge < -0.3 is 9.64 Å². The molecule has 5 nitrogen and oxygen atoms in total. The molecule has 0 aliphatic carbocycles. The van der Waals surface area contributed by atoms with Gasteiger partial charge in [0.15, 0.2) is 11.5 Å². The highest BCUT2D eigenvalue weighted by Crippen LogP contribution is 2.30. The summed E-state index contributed by atoms with van der Waals surface area (Å²) in [4.78, 5) is 13.7. The fraction of sp³-hybridized carbons (Fsp3) is 0.667. The van der Waals surface area contributed by atoms with Crippen LogP contribution in [0.2, 0.25) is 0 Å². The van der Waals surface area contributed by atoms with Gasteiger partial charge in [-0.1, -0.05) is 20.3 Å². The maximum absolute atomic E-state index is 11.4. The molecule has 0 spiro atoms. The summed E-state index contributed by atoms with van der Waals surface area (Å²) in [7, 11) is 1.35. The molecule has 0 saturated carbocycles. The van der Waals surface area contributed by atoms with E-state index in [-0.39, 0.29) is 5.69 Å². The minimum absolute atomic E-state index is 0.258. The van der Waals surface area contributed by atoms with Gasteiger partial charge in [-0.05, 0) is 37.3 Å². The molecule has 2 atom stereocenters. The van der Waals surface area contributed by atoms with Crippen molar-refractivity contribution in [2.24, 2.45) is 5.92 Å². The molecule has 0 bridgehead atoms. The first kappa shape index (κ1) is 14.8. The van der Waals surface area contributed by atoms with Crippen LogP contribution in [0, 0.1) is 5.92 Å². The fourth-order valence-electron chi connectivity index (χ4n) is 3.01. The van der Waals surface area contributed by atoms with Crippen molar-refractivity contribution in [3.05, 3.63) is 17.8 Å². The summed E-state index contributed by atoms with van der Waals surface area (Å²) in [5, 5.41) is 8.17. The van der Waals surface area contributed by atoms with Gasteiger partial charge in [0.1, 0.15) is 0 Å². The molecule has 2 rings (SSSR count). The van der Waals surface area contributed by atoms with Crippen molar-refractivity contribution in [1.29, 1.82) is 0 Å². The number of aromatic nitrogens is 2. The highest BCUT2D eigenvalue weighted by Gasteiger charge is 2.30. The Morgan fingerprint density at radius 3 is 2.90 bits per heavy atom. The first-order valence-corrected chi connectivity index (χ1v) is 7.36. The Morgan fingerprint density at radius 1 is 1.50 bits per heavy atom. The zero-order valence-electron chi connectivity index (χ0n) is 12.5. The number of methoxy groups -OCH3 is 1. The lowest BCUT2D eigenvalue weighted by Crippen LogP contribution is -2.35. The van der Waals surface area contributed by atoms with Crippen molar-refractivity contribution in [2.45, 2.75) is 45.6 Å². The molecular formula is C15H23N3O2. The molecule has 1 aromatic rings. The van der Waals surface area contributed by atoms with Gasteiger partial charge in [0.25, 0.3) is 0 Å². The third-order valence-electron chi connectivity index (χ3n) is 4.04. The monoisotopic (exact) mass is 277 g/mol. The third-order valence-corrected chi connectivity index (χ3v) is 4.04. The third kappa shape index (κ3) is 3.08. The van der Waals surface area contributed by atoms with Crippen LogP contribution in [-0.2, 0) is 4.74 Å². The molecule has 1 fully saturated rings. The second-order valence-electron chi connectivity index (χ2n) is 5.44. The van der Waals surface area contributed by atoms with E-state index < -0.39 is 5.97 Å². The van der Waals surface area contributed by atoms with Crippen molar-refractivity contribution in [3.63, 3.8) is 0 Å². The largest absolute Gasteiger partial charge is 0.464 e. The Bertz CT molecular complexity index is 447. The lowest BCUT2D eigenvalue weighted by Gasteiger charge is -2.30. The summed E-state index contributed by atoms with van der Waals surface area (Å²) in [6.07, 6.45) is 4.84. The van der Waals surface area contributed by atoms with E-state index >= 15 is 0 Å². The van der Waals surface area contributed by atoms with Crippen LogP contribution in [0.25, 0.3) is 0 Å². The number of carbonyl (C=O) groups excluding carboxylic acids is 1. The van der Waals surface area contributed by atoms with E-state index in [0.29, 0.717) is 12.0 Å². The van der Waals surface area contributed by atoms with Gasteiger partial charge in [0.05, 0.1) is 7.11 Å². The maximum atomic E-state index is 11.4. The van der Waals surface area contributed by atoms with Crippen molar-refractivity contribution in [1.82, 2.24) is 10.2 Å². The zero-order chi connectivity index (χ0) is 14.5. The molecule has 1 saturated heterocycles. The minimum atomic E-state index is -0.443. The van der Waals surface area contributed by atoms with Crippen molar-refractivity contribution in [2.75, 3.05) is 18.6 Å². The van der Waals surface area contributed by atoms with E-state index in [1.54, 1.807) is 6.07 Å². The highest BCUT2D eigenvalue weighted by atomic mass is 16.5. The number of rotatable bonds is 5. The second kappa shape index (κ2) is 6.68. The summed E-state index contributed by atoms with van der Waals surface area (Å²) >= 11 is 0. The first-order chi connectivity index (χ1) is 9.67. The van der Waals surface area contributed by atoms with Crippen LogP contribution in [-0.4, -0.2) is 35.9 Å². The zero-order valence-corrected chi connectivity index (χ0v) is 12.5. The van der Waals surface area contributed by atoms with Gasteiger partial charge in [-0.25, -0.2) is 4.79 Å². The summed E-state index contributed by atoms with van der Waals surface area (Å²) < 4.78 is 4.64. The maximum Gasteiger partial charge on any atom is 0.358 e.